The predicted molar refractivity (Wildman–Crippen MR) is 81.4 cm³/mol. The zero-order valence-corrected chi connectivity index (χ0v) is 12.3. The highest BCUT2D eigenvalue weighted by Gasteiger charge is 2.08. The van der Waals surface area contributed by atoms with Crippen LogP contribution in [0.2, 0.25) is 0 Å². The predicted octanol–water partition coefficient (Wildman–Crippen LogP) is 4.09. The second-order valence-corrected chi connectivity index (χ2v) is 5.11. The van der Waals surface area contributed by atoms with Gasteiger partial charge in [0.1, 0.15) is 5.82 Å². The molecule has 0 aliphatic carbocycles. The Balaban J connectivity index is 2.22. The number of primary amides is 1. The molecule has 112 valence electrons. The van der Waals surface area contributed by atoms with E-state index in [1.807, 2.05) is 0 Å². The van der Waals surface area contributed by atoms with Gasteiger partial charge in [0, 0.05) is 12.2 Å². The van der Waals surface area contributed by atoms with Crippen molar-refractivity contribution < 1.29 is 9.18 Å². The van der Waals surface area contributed by atoms with Crippen LogP contribution in [0.15, 0.2) is 18.2 Å². The first kappa shape index (κ1) is 16.5. The van der Waals surface area contributed by atoms with Gasteiger partial charge in [-0.05, 0) is 24.6 Å². The average Bonchev–Trinajstić information content (AvgIpc) is 2.43. The number of nitrogens with one attached hydrogen (secondary N) is 1. The van der Waals surface area contributed by atoms with Crippen molar-refractivity contribution in [3.8, 4) is 0 Å². The standard InChI is InChI=1S/C16H25FN2O/c1-2-3-4-5-6-7-8-11-19-13-9-10-15(17)14(12-13)16(18)20/h9-10,12,19H,2-8,11H2,1H3,(H2,18,20). The maximum Gasteiger partial charge on any atom is 0.251 e. The minimum absolute atomic E-state index is 0.0606. The number of hydrogen-bond acceptors (Lipinski definition) is 2. The number of amides is 1. The highest BCUT2D eigenvalue weighted by atomic mass is 19.1. The van der Waals surface area contributed by atoms with Crippen LogP contribution >= 0.6 is 0 Å². The minimum atomic E-state index is -0.734. The van der Waals surface area contributed by atoms with Crippen LogP contribution in [0.3, 0.4) is 0 Å². The number of benzene rings is 1. The molecule has 0 aliphatic heterocycles. The van der Waals surface area contributed by atoms with Crippen molar-refractivity contribution >= 4 is 11.6 Å². The molecule has 0 bridgehead atoms. The summed E-state index contributed by atoms with van der Waals surface area (Å²) in [5, 5.41) is 3.19. The molecule has 0 aromatic heterocycles. The Bertz CT molecular complexity index is 421. The Kier molecular flexibility index (Phi) is 7.70. The molecule has 1 rings (SSSR count). The van der Waals surface area contributed by atoms with Crippen LogP contribution in [-0.4, -0.2) is 12.5 Å². The van der Waals surface area contributed by atoms with Crippen molar-refractivity contribution in [1.29, 1.82) is 0 Å². The zero-order valence-electron chi connectivity index (χ0n) is 12.3. The number of rotatable bonds is 10. The summed E-state index contributed by atoms with van der Waals surface area (Å²) < 4.78 is 13.3. The molecule has 3 nitrogen and oxygen atoms in total. The van der Waals surface area contributed by atoms with Crippen LogP contribution < -0.4 is 11.1 Å². The van der Waals surface area contributed by atoms with E-state index in [1.54, 1.807) is 6.07 Å². The SMILES string of the molecule is CCCCCCCCCNc1ccc(F)c(C(N)=O)c1. The third kappa shape index (κ3) is 6.04. The monoisotopic (exact) mass is 280 g/mol. The first-order valence-electron chi connectivity index (χ1n) is 7.48. The Hall–Kier alpha value is -1.58. The lowest BCUT2D eigenvalue weighted by Crippen LogP contribution is -2.13. The molecule has 0 heterocycles. The molecule has 0 atom stereocenters. The zero-order chi connectivity index (χ0) is 14.8. The molecule has 0 radical (unpaired) electrons. The molecule has 1 amide bonds. The third-order valence-corrected chi connectivity index (χ3v) is 3.34. The summed E-state index contributed by atoms with van der Waals surface area (Å²) in [6, 6.07) is 4.37. The second-order valence-electron chi connectivity index (χ2n) is 5.11. The second kappa shape index (κ2) is 9.34. The van der Waals surface area contributed by atoms with E-state index < -0.39 is 11.7 Å². The van der Waals surface area contributed by atoms with E-state index in [9.17, 15) is 9.18 Å². The molecule has 0 fully saturated rings. The van der Waals surface area contributed by atoms with E-state index >= 15 is 0 Å². The highest BCUT2D eigenvalue weighted by Crippen LogP contribution is 2.15. The lowest BCUT2D eigenvalue weighted by molar-refractivity contribution is 0.0996. The summed E-state index contributed by atoms with van der Waals surface area (Å²) in [7, 11) is 0. The Labute approximate surface area is 120 Å². The van der Waals surface area contributed by atoms with Gasteiger partial charge in [-0.15, -0.1) is 0 Å². The summed E-state index contributed by atoms with van der Waals surface area (Å²) in [6.45, 7) is 3.05. The van der Waals surface area contributed by atoms with Crippen molar-refractivity contribution in [2.75, 3.05) is 11.9 Å². The van der Waals surface area contributed by atoms with Gasteiger partial charge in [0.15, 0.2) is 0 Å². The topological polar surface area (TPSA) is 55.1 Å². The number of carbonyl (C=O) groups excluding carboxylic acids is 1. The van der Waals surface area contributed by atoms with E-state index in [0.717, 1.165) is 18.7 Å². The molecule has 4 heteroatoms. The normalized spacial score (nSPS) is 10.5. The third-order valence-electron chi connectivity index (χ3n) is 3.34. The van der Waals surface area contributed by atoms with Gasteiger partial charge < -0.3 is 11.1 Å². The van der Waals surface area contributed by atoms with Crippen molar-refractivity contribution in [2.45, 2.75) is 51.9 Å². The average molecular weight is 280 g/mol. The van der Waals surface area contributed by atoms with Crippen molar-refractivity contribution in [2.24, 2.45) is 5.73 Å². The molecule has 1 aromatic rings. The fourth-order valence-electron chi connectivity index (χ4n) is 2.14. The van der Waals surface area contributed by atoms with Crippen molar-refractivity contribution in [3.63, 3.8) is 0 Å². The molecular weight excluding hydrogens is 255 g/mol. The summed E-state index contributed by atoms with van der Waals surface area (Å²) in [6.07, 6.45) is 8.76. The smallest absolute Gasteiger partial charge is 0.251 e. The van der Waals surface area contributed by atoms with E-state index in [0.29, 0.717) is 0 Å². The van der Waals surface area contributed by atoms with Gasteiger partial charge in [-0.25, -0.2) is 4.39 Å². The van der Waals surface area contributed by atoms with E-state index in [4.69, 9.17) is 5.73 Å². The summed E-state index contributed by atoms with van der Waals surface area (Å²) >= 11 is 0. The first-order valence-corrected chi connectivity index (χ1v) is 7.48. The highest BCUT2D eigenvalue weighted by molar-refractivity contribution is 5.94. The maximum atomic E-state index is 13.3. The van der Waals surface area contributed by atoms with Gasteiger partial charge in [0.05, 0.1) is 5.56 Å². The largest absolute Gasteiger partial charge is 0.385 e. The minimum Gasteiger partial charge on any atom is -0.385 e. The molecule has 0 saturated carbocycles. The number of anilines is 1. The number of carbonyl (C=O) groups is 1. The van der Waals surface area contributed by atoms with Crippen LogP contribution in [-0.2, 0) is 0 Å². The van der Waals surface area contributed by atoms with Gasteiger partial charge in [-0.2, -0.15) is 0 Å². The number of hydrogen-bond donors (Lipinski definition) is 2. The van der Waals surface area contributed by atoms with E-state index in [2.05, 4.69) is 12.2 Å². The Morgan fingerprint density at radius 1 is 1.15 bits per heavy atom. The van der Waals surface area contributed by atoms with Crippen LogP contribution in [0.1, 0.15) is 62.2 Å². The lowest BCUT2D eigenvalue weighted by Gasteiger charge is -2.08. The van der Waals surface area contributed by atoms with Crippen molar-refractivity contribution in [3.05, 3.63) is 29.6 Å². The molecular formula is C16H25FN2O. The summed E-state index contributed by atoms with van der Waals surface area (Å²) in [5.41, 5.74) is 5.79. The van der Waals surface area contributed by atoms with Gasteiger partial charge in [-0.3, -0.25) is 4.79 Å². The van der Waals surface area contributed by atoms with Gasteiger partial charge in [-0.1, -0.05) is 45.4 Å². The first-order chi connectivity index (χ1) is 9.65. The van der Waals surface area contributed by atoms with Gasteiger partial charge in [0.2, 0.25) is 0 Å². The van der Waals surface area contributed by atoms with Crippen molar-refractivity contribution in [1.82, 2.24) is 0 Å². The molecule has 0 spiro atoms. The molecule has 1 aromatic carbocycles. The number of halogens is 1. The number of nitrogens with two attached hydrogens (primary N) is 1. The lowest BCUT2D eigenvalue weighted by atomic mass is 10.1. The van der Waals surface area contributed by atoms with Gasteiger partial charge >= 0.3 is 0 Å². The van der Waals surface area contributed by atoms with Crippen LogP contribution in [0, 0.1) is 5.82 Å². The van der Waals surface area contributed by atoms with Gasteiger partial charge in [0.25, 0.3) is 5.91 Å². The quantitative estimate of drug-likeness (QED) is 0.634. The van der Waals surface area contributed by atoms with E-state index in [1.165, 1.54) is 50.7 Å². The molecule has 3 N–H and O–H groups in total. The molecule has 0 aliphatic rings. The molecule has 20 heavy (non-hydrogen) atoms. The number of unbranched alkanes of at least 4 members (excludes halogenated alkanes) is 6. The van der Waals surface area contributed by atoms with Crippen LogP contribution in [0.5, 0.6) is 0 Å². The van der Waals surface area contributed by atoms with Crippen LogP contribution in [0.25, 0.3) is 0 Å². The maximum absolute atomic E-state index is 13.3. The van der Waals surface area contributed by atoms with Crippen LogP contribution in [0.4, 0.5) is 10.1 Å². The Morgan fingerprint density at radius 2 is 1.80 bits per heavy atom. The molecule has 0 unspecified atom stereocenters. The fourth-order valence-corrected chi connectivity index (χ4v) is 2.14. The fraction of sp³-hybridized carbons (Fsp3) is 0.562. The van der Waals surface area contributed by atoms with E-state index in [-0.39, 0.29) is 5.56 Å². The Morgan fingerprint density at radius 3 is 2.45 bits per heavy atom. The summed E-state index contributed by atoms with van der Waals surface area (Å²) in [5.74, 6) is -1.30. The summed E-state index contributed by atoms with van der Waals surface area (Å²) in [4.78, 5) is 11.0. The molecule has 0 saturated heterocycles.